The highest BCUT2D eigenvalue weighted by molar-refractivity contribution is 9.10. The number of halogens is 1. The topological polar surface area (TPSA) is 45.2 Å². The summed E-state index contributed by atoms with van der Waals surface area (Å²) >= 11 is 3.34. The Labute approximate surface area is 103 Å². The molecule has 1 aromatic rings. The van der Waals surface area contributed by atoms with Gasteiger partial charge in [-0.05, 0) is 40.9 Å². The van der Waals surface area contributed by atoms with Gasteiger partial charge in [-0.15, -0.1) is 0 Å². The summed E-state index contributed by atoms with van der Waals surface area (Å²) in [6.07, 6.45) is 4.50. The van der Waals surface area contributed by atoms with Crippen molar-refractivity contribution in [1.29, 1.82) is 0 Å². The number of pyridine rings is 1. The first kappa shape index (κ1) is 11.5. The zero-order valence-corrected chi connectivity index (χ0v) is 10.5. The van der Waals surface area contributed by atoms with Gasteiger partial charge in [-0.2, -0.15) is 0 Å². The summed E-state index contributed by atoms with van der Waals surface area (Å²) in [5, 5.41) is 1.70. The number of carbonyl (C=O) groups is 1. The number of aromatic nitrogens is 1. The maximum absolute atomic E-state index is 11.5. The predicted octanol–water partition coefficient (Wildman–Crippen LogP) is 1.86. The van der Waals surface area contributed by atoms with Crippen molar-refractivity contribution in [3.63, 3.8) is 0 Å². The van der Waals surface area contributed by atoms with Gasteiger partial charge < -0.3 is 0 Å². The molecule has 1 amide bonds. The lowest BCUT2D eigenvalue weighted by molar-refractivity contribution is -0.136. The third-order valence-corrected chi connectivity index (χ3v) is 3.03. The third kappa shape index (κ3) is 3.02. The Morgan fingerprint density at radius 2 is 2.31 bits per heavy atom. The number of hydrazine groups is 1. The van der Waals surface area contributed by atoms with Crippen LogP contribution in [-0.4, -0.2) is 22.4 Å². The zero-order valence-electron chi connectivity index (χ0n) is 8.95. The molecule has 1 aliphatic heterocycles. The molecule has 0 radical (unpaired) electrons. The molecule has 1 N–H and O–H groups in total. The van der Waals surface area contributed by atoms with E-state index in [1.165, 1.54) is 0 Å². The molecular formula is C11H14BrN3O. The summed E-state index contributed by atoms with van der Waals surface area (Å²) in [5.41, 5.74) is 4.05. The summed E-state index contributed by atoms with van der Waals surface area (Å²) in [5.74, 6) is 0.184. The molecule has 1 aromatic heterocycles. The number of hydrogen-bond acceptors (Lipinski definition) is 3. The Morgan fingerprint density at radius 1 is 1.44 bits per heavy atom. The first-order valence-corrected chi connectivity index (χ1v) is 6.19. The van der Waals surface area contributed by atoms with Crippen LogP contribution in [0.2, 0.25) is 0 Å². The molecule has 5 heteroatoms. The van der Waals surface area contributed by atoms with Crippen molar-refractivity contribution < 1.29 is 4.79 Å². The van der Waals surface area contributed by atoms with E-state index < -0.39 is 0 Å². The Morgan fingerprint density at radius 3 is 3.00 bits per heavy atom. The van der Waals surface area contributed by atoms with Crippen molar-refractivity contribution in [2.45, 2.75) is 25.8 Å². The van der Waals surface area contributed by atoms with E-state index in [4.69, 9.17) is 0 Å². The van der Waals surface area contributed by atoms with E-state index in [1.54, 1.807) is 11.2 Å². The molecule has 0 atom stereocenters. The lowest BCUT2D eigenvalue weighted by atomic mass is 10.1. The number of hydrogen-bond donors (Lipinski definition) is 1. The van der Waals surface area contributed by atoms with Crippen LogP contribution in [0.15, 0.2) is 22.8 Å². The number of nitrogens with zero attached hydrogens (tertiary/aromatic N) is 2. The zero-order chi connectivity index (χ0) is 11.4. The Balaban J connectivity index is 1.86. The van der Waals surface area contributed by atoms with E-state index in [9.17, 15) is 4.79 Å². The van der Waals surface area contributed by atoms with Crippen LogP contribution in [0.4, 0.5) is 0 Å². The number of piperidine rings is 1. The molecule has 1 saturated heterocycles. The molecule has 16 heavy (non-hydrogen) atoms. The van der Waals surface area contributed by atoms with Gasteiger partial charge in [-0.3, -0.25) is 14.8 Å². The van der Waals surface area contributed by atoms with Crippen LogP contribution in [0.5, 0.6) is 0 Å². The van der Waals surface area contributed by atoms with Crippen molar-refractivity contribution in [1.82, 2.24) is 15.4 Å². The van der Waals surface area contributed by atoms with Crippen LogP contribution < -0.4 is 5.43 Å². The minimum atomic E-state index is 0.184. The Hall–Kier alpha value is -0.940. The summed E-state index contributed by atoms with van der Waals surface area (Å²) < 4.78 is 0.963. The second kappa shape index (κ2) is 5.41. The SMILES string of the molecule is O=C1CCCCN1NCc1ccc(Br)cn1. The molecular weight excluding hydrogens is 270 g/mol. The van der Waals surface area contributed by atoms with Crippen LogP contribution in [0.25, 0.3) is 0 Å². The number of amides is 1. The van der Waals surface area contributed by atoms with E-state index in [0.717, 1.165) is 29.6 Å². The fraction of sp³-hybridized carbons (Fsp3) is 0.455. The molecule has 0 aromatic carbocycles. The third-order valence-electron chi connectivity index (χ3n) is 2.56. The molecule has 0 bridgehead atoms. The van der Waals surface area contributed by atoms with E-state index in [1.807, 2.05) is 12.1 Å². The summed E-state index contributed by atoms with van der Waals surface area (Å²) in [7, 11) is 0. The minimum Gasteiger partial charge on any atom is -0.278 e. The first-order valence-electron chi connectivity index (χ1n) is 5.40. The lowest BCUT2D eigenvalue weighted by Crippen LogP contribution is -2.45. The standard InChI is InChI=1S/C11H14BrN3O/c12-9-4-5-10(13-7-9)8-14-15-6-2-1-3-11(15)16/h4-5,7,14H,1-3,6,8H2. The van der Waals surface area contributed by atoms with Crippen molar-refractivity contribution in [2.75, 3.05) is 6.54 Å². The van der Waals surface area contributed by atoms with Crippen LogP contribution in [-0.2, 0) is 11.3 Å². The van der Waals surface area contributed by atoms with Gasteiger partial charge >= 0.3 is 0 Å². The van der Waals surface area contributed by atoms with E-state index in [0.29, 0.717) is 13.0 Å². The van der Waals surface area contributed by atoms with E-state index in [-0.39, 0.29) is 5.91 Å². The van der Waals surface area contributed by atoms with Crippen molar-refractivity contribution >= 4 is 21.8 Å². The van der Waals surface area contributed by atoms with Crippen molar-refractivity contribution in [3.05, 3.63) is 28.5 Å². The van der Waals surface area contributed by atoms with Crippen LogP contribution >= 0.6 is 15.9 Å². The number of rotatable bonds is 3. The van der Waals surface area contributed by atoms with E-state index >= 15 is 0 Å². The van der Waals surface area contributed by atoms with Gasteiger partial charge in [0.1, 0.15) is 0 Å². The molecule has 1 aliphatic rings. The van der Waals surface area contributed by atoms with Gasteiger partial charge in [0.2, 0.25) is 5.91 Å². The van der Waals surface area contributed by atoms with Gasteiger partial charge in [0, 0.05) is 23.6 Å². The van der Waals surface area contributed by atoms with Crippen molar-refractivity contribution in [3.8, 4) is 0 Å². The maximum atomic E-state index is 11.5. The molecule has 0 aliphatic carbocycles. The number of carbonyl (C=O) groups excluding carboxylic acids is 1. The normalized spacial score (nSPS) is 16.6. The summed E-state index contributed by atoms with van der Waals surface area (Å²) in [6.45, 7) is 1.40. The quantitative estimate of drug-likeness (QED) is 0.921. The molecule has 0 unspecified atom stereocenters. The fourth-order valence-electron chi connectivity index (χ4n) is 1.66. The van der Waals surface area contributed by atoms with Crippen LogP contribution in [0, 0.1) is 0 Å². The molecule has 2 heterocycles. The highest BCUT2D eigenvalue weighted by Crippen LogP contribution is 2.10. The largest absolute Gasteiger partial charge is 0.278 e. The second-order valence-corrected chi connectivity index (χ2v) is 4.72. The minimum absolute atomic E-state index is 0.184. The molecule has 4 nitrogen and oxygen atoms in total. The van der Waals surface area contributed by atoms with Crippen molar-refractivity contribution in [2.24, 2.45) is 0 Å². The van der Waals surface area contributed by atoms with Gasteiger partial charge in [-0.25, -0.2) is 5.43 Å². The van der Waals surface area contributed by atoms with E-state index in [2.05, 4.69) is 26.3 Å². The molecule has 0 spiro atoms. The summed E-state index contributed by atoms with van der Waals surface area (Å²) in [6, 6.07) is 3.88. The monoisotopic (exact) mass is 283 g/mol. The summed E-state index contributed by atoms with van der Waals surface area (Å²) in [4.78, 5) is 15.7. The van der Waals surface area contributed by atoms with Gasteiger partial charge in [0.25, 0.3) is 0 Å². The van der Waals surface area contributed by atoms with Gasteiger partial charge in [0.05, 0.1) is 12.2 Å². The molecule has 1 fully saturated rings. The Kier molecular flexibility index (Phi) is 3.90. The lowest BCUT2D eigenvalue weighted by Gasteiger charge is -2.27. The van der Waals surface area contributed by atoms with Crippen LogP contribution in [0.1, 0.15) is 25.0 Å². The smallest absolute Gasteiger partial charge is 0.236 e. The molecule has 86 valence electrons. The highest BCUT2D eigenvalue weighted by Gasteiger charge is 2.17. The van der Waals surface area contributed by atoms with Gasteiger partial charge in [0.15, 0.2) is 0 Å². The maximum Gasteiger partial charge on any atom is 0.236 e. The van der Waals surface area contributed by atoms with Crippen LogP contribution in [0.3, 0.4) is 0 Å². The number of nitrogens with one attached hydrogen (secondary N) is 1. The first-order chi connectivity index (χ1) is 7.75. The average molecular weight is 284 g/mol. The molecule has 0 saturated carbocycles. The fourth-order valence-corrected chi connectivity index (χ4v) is 1.90. The molecule has 2 rings (SSSR count). The predicted molar refractivity (Wildman–Crippen MR) is 64.3 cm³/mol. The second-order valence-electron chi connectivity index (χ2n) is 3.81. The Bertz CT molecular complexity index is 366. The van der Waals surface area contributed by atoms with Gasteiger partial charge in [-0.1, -0.05) is 0 Å². The average Bonchev–Trinajstić information content (AvgIpc) is 2.30. The highest BCUT2D eigenvalue weighted by atomic mass is 79.9.